The molecule has 1 aromatic heterocycles. The minimum absolute atomic E-state index is 0.0104. The Hall–Kier alpha value is -2.19. The molecule has 8 heteroatoms. The Morgan fingerprint density at radius 2 is 2.12 bits per heavy atom. The zero-order chi connectivity index (χ0) is 23.4. The normalized spacial score (nSPS) is 21.6. The number of rotatable bonds is 10. The first-order valence-corrected chi connectivity index (χ1v) is 12.7. The molecule has 4 rings (SSSR count). The molecule has 0 amide bonds. The summed E-state index contributed by atoms with van der Waals surface area (Å²) in [5, 5.41) is 11.0. The number of piperidine rings is 1. The van der Waals surface area contributed by atoms with Gasteiger partial charge in [-0.2, -0.15) is 11.8 Å². The Kier molecular flexibility index (Phi) is 7.86. The number of aliphatic carboxylic acids is 1. The minimum atomic E-state index is -0.811. The molecule has 2 heterocycles. The molecule has 0 radical (unpaired) electrons. The van der Waals surface area contributed by atoms with E-state index >= 15 is 0 Å². The quantitative estimate of drug-likeness (QED) is 0.502. The zero-order valence-electron chi connectivity index (χ0n) is 19.0. The number of carbonyl (C=O) groups excluding carboxylic acids is 1. The maximum absolute atomic E-state index is 14.6. The van der Waals surface area contributed by atoms with Crippen molar-refractivity contribution in [1.29, 1.82) is 0 Å². The first-order valence-electron chi connectivity index (χ1n) is 11.7. The number of hydrogen-bond acceptors (Lipinski definition) is 6. The molecule has 2 aliphatic rings. The highest BCUT2D eigenvalue weighted by atomic mass is 32.2. The van der Waals surface area contributed by atoms with Gasteiger partial charge in [0.2, 0.25) is 0 Å². The van der Waals surface area contributed by atoms with Crippen LogP contribution < -0.4 is 4.74 Å². The molecule has 2 atom stereocenters. The summed E-state index contributed by atoms with van der Waals surface area (Å²) in [6.07, 6.45) is 6.30. The molecule has 2 fully saturated rings. The summed E-state index contributed by atoms with van der Waals surface area (Å²) in [5.74, 6) is -0.817. The van der Waals surface area contributed by atoms with E-state index in [4.69, 9.17) is 4.74 Å². The summed E-state index contributed by atoms with van der Waals surface area (Å²) in [5.41, 5.74) is 0.535. The standard InChI is InChI=1S/C25H31FN2O4S/c1-32-17-6-7-22-19(13-17)24(21(26)14-27-22)23(29)8-5-16-9-10-28(15-20(16)25(30)31)11-12-33-18-3-2-4-18/h6-7,13-14,16,18,20H,2-5,8-12,15H2,1H3,(H,30,31). The van der Waals surface area contributed by atoms with Crippen LogP contribution in [0.1, 0.15) is 48.9 Å². The third-order valence-corrected chi connectivity index (χ3v) is 8.38. The lowest BCUT2D eigenvalue weighted by Crippen LogP contribution is -2.44. The number of halogens is 1. The van der Waals surface area contributed by atoms with Crippen LogP contribution in [0.4, 0.5) is 4.39 Å². The van der Waals surface area contributed by atoms with Gasteiger partial charge in [-0.05, 0) is 56.3 Å². The van der Waals surface area contributed by atoms with Gasteiger partial charge in [0.05, 0.1) is 30.3 Å². The van der Waals surface area contributed by atoms with Gasteiger partial charge < -0.3 is 14.7 Å². The number of ether oxygens (including phenoxy) is 1. The van der Waals surface area contributed by atoms with Gasteiger partial charge in [-0.15, -0.1) is 0 Å². The summed E-state index contributed by atoms with van der Waals surface area (Å²) in [4.78, 5) is 31.3. The van der Waals surface area contributed by atoms with Crippen molar-refractivity contribution in [2.24, 2.45) is 11.8 Å². The molecule has 2 unspecified atom stereocenters. The number of pyridine rings is 1. The van der Waals surface area contributed by atoms with Crippen LogP contribution in [0.3, 0.4) is 0 Å². The van der Waals surface area contributed by atoms with Gasteiger partial charge in [0, 0.05) is 35.9 Å². The van der Waals surface area contributed by atoms with Crippen LogP contribution in [0.15, 0.2) is 24.4 Å². The molecule has 1 saturated carbocycles. The van der Waals surface area contributed by atoms with Gasteiger partial charge in [0.1, 0.15) is 5.75 Å². The topological polar surface area (TPSA) is 79.7 Å². The molecule has 0 bridgehead atoms. The van der Waals surface area contributed by atoms with E-state index in [2.05, 4.69) is 9.88 Å². The van der Waals surface area contributed by atoms with Crippen LogP contribution in [-0.2, 0) is 4.79 Å². The van der Waals surface area contributed by atoms with Crippen molar-refractivity contribution in [3.63, 3.8) is 0 Å². The third-order valence-electron chi connectivity index (χ3n) is 7.02. The number of fused-ring (bicyclic) bond motifs is 1. The lowest BCUT2D eigenvalue weighted by atomic mass is 9.81. The van der Waals surface area contributed by atoms with Crippen molar-refractivity contribution in [2.75, 3.05) is 32.5 Å². The predicted molar refractivity (Wildman–Crippen MR) is 128 cm³/mol. The molecule has 1 saturated heterocycles. The number of thioether (sulfide) groups is 1. The molecule has 0 spiro atoms. The molecule has 1 N–H and O–H groups in total. The largest absolute Gasteiger partial charge is 0.497 e. The Labute approximate surface area is 197 Å². The highest BCUT2D eigenvalue weighted by Crippen LogP contribution is 2.33. The monoisotopic (exact) mass is 474 g/mol. The molecule has 1 aliphatic heterocycles. The summed E-state index contributed by atoms with van der Waals surface area (Å²) in [6, 6.07) is 5.04. The second-order valence-corrected chi connectivity index (χ2v) is 10.5. The van der Waals surface area contributed by atoms with Gasteiger partial charge in [-0.25, -0.2) is 4.39 Å². The number of Topliss-reactive ketones (excluding diaryl/α,β-unsaturated/α-hetero) is 1. The Morgan fingerprint density at radius 1 is 1.30 bits per heavy atom. The van der Waals surface area contributed by atoms with E-state index in [0.29, 0.717) is 29.6 Å². The van der Waals surface area contributed by atoms with E-state index < -0.39 is 17.7 Å². The van der Waals surface area contributed by atoms with E-state index in [-0.39, 0.29) is 23.7 Å². The van der Waals surface area contributed by atoms with Gasteiger partial charge in [-0.3, -0.25) is 14.6 Å². The fourth-order valence-electron chi connectivity index (χ4n) is 4.78. The van der Waals surface area contributed by atoms with Crippen LogP contribution in [0, 0.1) is 17.7 Å². The van der Waals surface area contributed by atoms with Crippen LogP contribution >= 0.6 is 11.8 Å². The molecule has 6 nitrogen and oxygen atoms in total. The van der Waals surface area contributed by atoms with Crippen LogP contribution in [0.2, 0.25) is 0 Å². The van der Waals surface area contributed by atoms with Crippen molar-refractivity contribution in [3.05, 3.63) is 35.8 Å². The van der Waals surface area contributed by atoms with Crippen LogP contribution in [0.25, 0.3) is 10.9 Å². The van der Waals surface area contributed by atoms with Crippen molar-refractivity contribution in [2.45, 2.75) is 43.8 Å². The Morgan fingerprint density at radius 3 is 2.82 bits per heavy atom. The molecule has 2 aromatic rings. The number of carboxylic acids is 1. The Balaban J connectivity index is 1.38. The number of nitrogens with zero attached hydrogens (tertiary/aromatic N) is 2. The second-order valence-electron chi connectivity index (χ2n) is 9.04. The van der Waals surface area contributed by atoms with Crippen LogP contribution in [-0.4, -0.2) is 64.5 Å². The predicted octanol–water partition coefficient (Wildman–Crippen LogP) is 4.65. The van der Waals surface area contributed by atoms with Crippen LogP contribution in [0.5, 0.6) is 5.75 Å². The van der Waals surface area contributed by atoms with Gasteiger partial charge in [-0.1, -0.05) is 6.42 Å². The van der Waals surface area contributed by atoms with Crippen molar-refractivity contribution in [1.82, 2.24) is 9.88 Å². The van der Waals surface area contributed by atoms with Gasteiger partial charge >= 0.3 is 5.97 Å². The zero-order valence-corrected chi connectivity index (χ0v) is 19.8. The lowest BCUT2D eigenvalue weighted by Gasteiger charge is -2.37. The number of carbonyl (C=O) groups is 2. The molecular weight excluding hydrogens is 443 g/mol. The van der Waals surface area contributed by atoms with Gasteiger partial charge in [0.15, 0.2) is 11.6 Å². The molecule has 1 aliphatic carbocycles. The molecule has 1 aromatic carbocycles. The first-order chi connectivity index (χ1) is 16.0. The second kappa shape index (κ2) is 10.8. The van der Waals surface area contributed by atoms with Crippen molar-refractivity contribution < 1.29 is 23.8 Å². The third kappa shape index (κ3) is 5.66. The number of likely N-dealkylation sites (tertiary alicyclic amines) is 1. The fraction of sp³-hybridized carbons (Fsp3) is 0.560. The van der Waals surface area contributed by atoms with Crippen molar-refractivity contribution in [3.8, 4) is 5.75 Å². The van der Waals surface area contributed by atoms with E-state index in [1.807, 2.05) is 11.8 Å². The maximum Gasteiger partial charge on any atom is 0.308 e. The van der Waals surface area contributed by atoms with Crippen molar-refractivity contribution >= 4 is 34.4 Å². The number of benzene rings is 1. The summed E-state index contributed by atoms with van der Waals surface area (Å²) in [7, 11) is 1.51. The smallest absolute Gasteiger partial charge is 0.308 e. The molecule has 178 valence electrons. The fourth-order valence-corrected chi connectivity index (χ4v) is 6.15. The lowest BCUT2D eigenvalue weighted by molar-refractivity contribution is -0.146. The summed E-state index contributed by atoms with van der Waals surface area (Å²) < 4.78 is 19.8. The molecule has 33 heavy (non-hydrogen) atoms. The maximum atomic E-state index is 14.6. The van der Waals surface area contributed by atoms with Gasteiger partial charge in [0.25, 0.3) is 0 Å². The van der Waals surface area contributed by atoms with E-state index in [9.17, 15) is 19.1 Å². The Bertz CT molecular complexity index is 1010. The summed E-state index contributed by atoms with van der Waals surface area (Å²) >= 11 is 2.00. The minimum Gasteiger partial charge on any atom is -0.497 e. The number of methoxy groups -OCH3 is 1. The number of aromatic nitrogens is 1. The molecular formula is C25H31FN2O4S. The SMILES string of the molecule is COc1ccc2ncc(F)c(C(=O)CCC3CCN(CCSC4CCC4)CC3C(=O)O)c2c1. The van der Waals surface area contributed by atoms with E-state index in [1.54, 1.807) is 18.2 Å². The highest BCUT2D eigenvalue weighted by molar-refractivity contribution is 7.99. The average Bonchev–Trinajstić information content (AvgIpc) is 2.78. The number of carboxylic acid groups (broad SMARTS) is 1. The van der Waals surface area contributed by atoms with E-state index in [0.717, 1.165) is 36.7 Å². The average molecular weight is 475 g/mol. The highest BCUT2D eigenvalue weighted by Gasteiger charge is 2.34. The van der Waals surface area contributed by atoms with E-state index in [1.165, 1.54) is 26.4 Å². The summed E-state index contributed by atoms with van der Waals surface area (Å²) in [6.45, 7) is 2.27. The number of hydrogen-bond donors (Lipinski definition) is 1. The number of ketones is 1. The first kappa shape index (κ1) is 24.0.